The Balaban J connectivity index is 2.07. The Labute approximate surface area is 114 Å². The summed E-state index contributed by atoms with van der Waals surface area (Å²) in [6, 6.07) is 0.136. The molecule has 6 nitrogen and oxygen atoms in total. The Kier molecular flexibility index (Phi) is 4.49. The van der Waals surface area contributed by atoms with E-state index in [4.69, 9.17) is 10.2 Å². The normalized spacial score (nSPS) is 18.8. The van der Waals surface area contributed by atoms with Gasteiger partial charge in [-0.3, -0.25) is 4.79 Å². The van der Waals surface area contributed by atoms with Gasteiger partial charge in [-0.15, -0.1) is 11.3 Å². The molecular weight excluding hydrogens is 268 g/mol. The molecule has 1 fully saturated rings. The van der Waals surface area contributed by atoms with Gasteiger partial charge in [0.05, 0.1) is 0 Å². The zero-order valence-electron chi connectivity index (χ0n) is 10.4. The number of carbonyl (C=O) groups excluding carboxylic acids is 1. The van der Waals surface area contributed by atoms with E-state index in [1.807, 2.05) is 0 Å². The fourth-order valence-corrected chi connectivity index (χ4v) is 3.07. The van der Waals surface area contributed by atoms with Crippen LogP contribution in [0.4, 0.5) is 0 Å². The number of carboxylic acid groups (broad SMARTS) is 1. The Morgan fingerprint density at radius 2 is 2.32 bits per heavy atom. The highest BCUT2D eigenvalue weighted by Crippen LogP contribution is 2.24. The fourth-order valence-electron chi connectivity index (χ4n) is 2.32. The molecule has 1 aliphatic heterocycles. The Hall–Kier alpha value is -1.47. The maximum atomic E-state index is 12.3. The van der Waals surface area contributed by atoms with E-state index < -0.39 is 5.97 Å². The number of aromatic nitrogens is 1. The molecule has 2 N–H and O–H groups in total. The third kappa shape index (κ3) is 3.10. The lowest BCUT2D eigenvalue weighted by Crippen LogP contribution is -2.35. The van der Waals surface area contributed by atoms with Gasteiger partial charge in [-0.2, -0.15) is 0 Å². The van der Waals surface area contributed by atoms with Gasteiger partial charge in [0.25, 0.3) is 5.91 Å². The third-order valence-corrected chi connectivity index (χ3v) is 4.07. The van der Waals surface area contributed by atoms with Crippen molar-refractivity contribution in [2.45, 2.75) is 31.7 Å². The van der Waals surface area contributed by atoms with Gasteiger partial charge in [0.2, 0.25) is 0 Å². The Bertz CT molecular complexity index is 474. The summed E-state index contributed by atoms with van der Waals surface area (Å²) in [5.74, 6) is -1.31. The molecular formula is C12H16N2O4S. The van der Waals surface area contributed by atoms with Gasteiger partial charge in [0.1, 0.15) is 0 Å². The molecule has 1 aliphatic rings. The molecule has 1 aromatic heterocycles. The average Bonchev–Trinajstić information content (AvgIpc) is 3.04. The maximum Gasteiger partial charge on any atom is 0.355 e. The monoisotopic (exact) mass is 284 g/mol. The van der Waals surface area contributed by atoms with Crippen molar-refractivity contribution in [3.63, 3.8) is 0 Å². The van der Waals surface area contributed by atoms with Crippen LogP contribution in [0.25, 0.3) is 0 Å². The van der Waals surface area contributed by atoms with E-state index in [1.165, 1.54) is 5.38 Å². The summed E-state index contributed by atoms with van der Waals surface area (Å²) in [7, 11) is 0. The molecule has 1 unspecified atom stereocenters. The van der Waals surface area contributed by atoms with Crippen LogP contribution in [-0.2, 0) is 0 Å². The van der Waals surface area contributed by atoms with Crippen molar-refractivity contribution in [3.8, 4) is 0 Å². The predicted molar refractivity (Wildman–Crippen MR) is 69.5 cm³/mol. The molecule has 2 rings (SSSR count). The van der Waals surface area contributed by atoms with Crippen molar-refractivity contribution in [2.24, 2.45) is 0 Å². The highest BCUT2D eigenvalue weighted by Gasteiger charge is 2.30. The van der Waals surface area contributed by atoms with Crippen molar-refractivity contribution in [1.29, 1.82) is 0 Å². The summed E-state index contributed by atoms with van der Waals surface area (Å²) in [4.78, 5) is 28.6. The average molecular weight is 284 g/mol. The second kappa shape index (κ2) is 6.12. The van der Waals surface area contributed by atoms with Crippen LogP contribution < -0.4 is 0 Å². The topological polar surface area (TPSA) is 90.7 Å². The molecule has 0 spiro atoms. The van der Waals surface area contributed by atoms with Crippen LogP contribution in [0.5, 0.6) is 0 Å². The number of likely N-dealkylation sites (tertiary alicyclic amines) is 1. The van der Waals surface area contributed by atoms with Crippen LogP contribution in [0.2, 0.25) is 0 Å². The van der Waals surface area contributed by atoms with Crippen molar-refractivity contribution in [2.75, 3.05) is 13.2 Å². The lowest BCUT2D eigenvalue weighted by molar-refractivity contribution is 0.0691. The standard InChI is InChI=1S/C12H16N2O4S/c15-6-2-4-8-3-1-5-14(8)11(16)10-13-9(7-19-10)12(17)18/h7-8,15H,1-6H2,(H,17,18). The van der Waals surface area contributed by atoms with Gasteiger partial charge in [0, 0.05) is 24.6 Å². The number of amides is 1. The number of carboxylic acids is 1. The highest BCUT2D eigenvalue weighted by atomic mass is 32.1. The Morgan fingerprint density at radius 3 is 2.95 bits per heavy atom. The molecule has 0 aliphatic carbocycles. The number of aromatic carboxylic acids is 1. The summed E-state index contributed by atoms with van der Waals surface area (Å²) in [6.45, 7) is 0.801. The van der Waals surface area contributed by atoms with E-state index >= 15 is 0 Å². The van der Waals surface area contributed by atoms with Crippen molar-refractivity contribution in [3.05, 3.63) is 16.1 Å². The predicted octanol–water partition coefficient (Wildman–Crippen LogP) is 1.22. The first-order chi connectivity index (χ1) is 9.13. The quantitative estimate of drug-likeness (QED) is 0.848. The van der Waals surface area contributed by atoms with E-state index in [-0.39, 0.29) is 29.3 Å². The molecule has 104 valence electrons. The minimum atomic E-state index is -1.12. The van der Waals surface area contributed by atoms with Crippen molar-refractivity contribution >= 4 is 23.2 Å². The van der Waals surface area contributed by atoms with Gasteiger partial charge in [-0.1, -0.05) is 0 Å². The lowest BCUT2D eigenvalue weighted by atomic mass is 10.1. The van der Waals surface area contributed by atoms with Crippen molar-refractivity contribution in [1.82, 2.24) is 9.88 Å². The molecule has 1 saturated heterocycles. The van der Waals surface area contributed by atoms with E-state index in [0.717, 1.165) is 30.6 Å². The van der Waals surface area contributed by atoms with E-state index in [0.29, 0.717) is 13.0 Å². The molecule has 19 heavy (non-hydrogen) atoms. The molecule has 0 saturated carbocycles. The van der Waals surface area contributed by atoms with E-state index in [1.54, 1.807) is 4.90 Å². The molecule has 1 atom stereocenters. The SMILES string of the molecule is O=C(O)c1csc(C(=O)N2CCCC2CCCO)n1. The smallest absolute Gasteiger partial charge is 0.355 e. The van der Waals surface area contributed by atoms with Crippen LogP contribution in [0.3, 0.4) is 0 Å². The fraction of sp³-hybridized carbons (Fsp3) is 0.583. The first kappa shape index (κ1) is 14.0. The number of aliphatic hydroxyl groups excluding tert-OH is 1. The molecule has 1 amide bonds. The van der Waals surface area contributed by atoms with Crippen molar-refractivity contribution < 1.29 is 19.8 Å². The van der Waals surface area contributed by atoms with Gasteiger partial charge < -0.3 is 15.1 Å². The second-order valence-corrected chi connectivity index (χ2v) is 5.36. The molecule has 1 aromatic rings. The van der Waals surface area contributed by atoms with Crippen LogP contribution in [0.15, 0.2) is 5.38 Å². The minimum Gasteiger partial charge on any atom is -0.476 e. The van der Waals surface area contributed by atoms with Crippen LogP contribution in [0.1, 0.15) is 46.0 Å². The molecule has 0 aromatic carbocycles. The summed E-state index contributed by atoms with van der Waals surface area (Å²) in [6.07, 6.45) is 3.33. The van der Waals surface area contributed by atoms with Gasteiger partial charge in [0.15, 0.2) is 10.7 Å². The van der Waals surface area contributed by atoms with Gasteiger partial charge >= 0.3 is 5.97 Å². The maximum absolute atomic E-state index is 12.3. The minimum absolute atomic E-state index is 0.0838. The highest BCUT2D eigenvalue weighted by molar-refractivity contribution is 7.11. The number of carbonyl (C=O) groups is 2. The largest absolute Gasteiger partial charge is 0.476 e. The first-order valence-electron chi connectivity index (χ1n) is 6.24. The summed E-state index contributed by atoms with van der Waals surface area (Å²) in [5.41, 5.74) is -0.0838. The van der Waals surface area contributed by atoms with Crippen LogP contribution in [0, 0.1) is 0 Å². The third-order valence-electron chi connectivity index (χ3n) is 3.24. The summed E-state index contributed by atoms with van der Waals surface area (Å²) >= 11 is 1.07. The molecule has 7 heteroatoms. The number of thiazole rings is 1. The van der Waals surface area contributed by atoms with E-state index in [2.05, 4.69) is 4.98 Å². The van der Waals surface area contributed by atoms with Gasteiger partial charge in [-0.05, 0) is 25.7 Å². The zero-order chi connectivity index (χ0) is 13.8. The van der Waals surface area contributed by atoms with Gasteiger partial charge in [-0.25, -0.2) is 9.78 Å². The zero-order valence-corrected chi connectivity index (χ0v) is 11.2. The molecule has 0 radical (unpaired) electrons. The summed E-state index contributed by atoms with van der Waals surface area (Å²) in [5, 5.41) is 19.3. The lowest BCUT2D eigenvalue weighted by Gasteiger charge is -2.23. The number of nitrogens with zero attached hydrogens (tertiary/aromatic N) is 2. The van der Waals surface area contributed by atoms with E-state index in [9.17, 15) is 9.59 Å². The second-order valence-electron chi connectivity index (χ2n) is 4.50. The van der Waals surface area contributed by atoms with Crippen LogP contribution in [-0.4, -0.2) is 51.2 Å². The molecule has 0 bridgehead atoms. The number of aliphatic hydroxyl groups is 1. The number of hydrogen-bond acceptors (Lipinski definition) is 5. The Morgan fingerprint density at radius 1 is 1.53 bits per heavy atom. The van der Waals surface area contributed by atoms with Crippen LogP contribution >= 0.6 is 11.3 Å². The number of rotatable bonds is 5. The first-order valence-corrected chi connectivity index (χ1v) is 7.12. The summed E-state index contributed by atoms with van der Waals surface area (Å²) < 4.78 is 0. The molecule has 2 heterocycles. The number of hydrogen-bond donors (Lipinski definition) is 2.